The fourth-order valence-corrected chi connectivity index (χ4v) is 3.60. The summed E-state index contributed by atoms with van der Waals surface area (Å²) in [5, 5.41) is 6.85. The van der Waals surface area contributed by atoms with Crippen molar-refractivity contribution in [2.45, 2.75) is 39.2 Å². The molecule has 3 rings (SSSR count). The van der Waals surface area contributed by atoms with Crippen molar-refractivity contribution in [3.05, 3.63) is 59.3 Å². The Labute approximate surface area is 203 Å². The molecule has 0 unspecified atom stereocenters. The van der Waals surface area contributed by atoms with Crippen LogP contribution in [0.2, 0.25) is 0 Å². The first-order valence-electron chi connectivity index (χ1n) is 11.0. The number of nitrogens with one attached hydrogen (secondary N) is 2. The molecule has 0 aliphatic carbocycles. The molecule has 0 saturated carbocycles. The van der Waals surface area contributed by atoms with Crippen LogP contribution in [0.4, 0.5) is 5.82 Å². The highest BCUT2D eigenvalue weighted by atomic mass is 127. The number of aliphatic imine (C=N–C) groups is 1. The second kappa shape index (κ2) is 13.5. The Bertz CT molecular complexity index is 804. The number of benzene rings is 1. The summed E-state index contributed by atoms with van der Waals surface area (Å²) < 4.78 is 5.47. The summed E-state index contributed by atoms with van der Waals surface area (Å²) in [7, 11) is 1.81. The number of hydrogen-bond donors (Lipinski definition) is 2. The highest BCUT2D eigenvalue weighted by Crippen LogP contribution is 2.18. The lowest BCUT2D eigenvalue weighted by Crippen LogP contribution is -2.39. The first kappa shape index (κ1) is 25.4. The Morgan fingerprint density at radius 2 is 1.87 bits per heavy atom. The number of aryl methyl sites for hydroxylation is 1. The van der Waals surface area contributed by atoms with Gasteiger partial charge in [-0.3, -0.25) is 4.99 Å². The molecular weight excluding hydrogens is 501 g/mol. The Morgan fingerprint density at radius 1 is 1.13 bits per heavy atom. The van der Waals surface area contributed by atoms with Gasteiger partial charge in [0.2, 0.25) is 0 Å². The van der Waals surface area contributed by atoms with E-state index in [2.05, 4.69) is 69.7 Å². The van der Waals surface area contributed by atoms with Crippen molar-refractivity contribution in [3.63, 3.8) is 0 Å². The molecule has 1 aliphatic rings. The Balaban J connectivity index is 0.00000341. The van der Waals surface area contributed by atoms with E-state index < -0.39 is 0 Å². The first-order valence-corrected chi connectivity index (χ1v) is 11.0. The molecule has 2 heterocycles. The van der Waals surface area contributed by atoms with Crippen molar-refractivity contribution in [2.24, 2.45) is 4.99 Å². The smallest absolute Gasteiger partial charge is 0.191 e. The predicted octanol–water partition coefficient (Wildman–Crippen LogP) is 3.96. The number of hydrogen-bond acceptors (Lipinski definition) is 4. The minimum atomic E-state index is 0. The summed E-state index contributed by atoms with van der Waals surface area (Å²) in [4.78, 5) is 11.3. The summed E-state index contributed by atoms with van der Waals surface area (Å²) in [6.07, 6.45) is 3.98. The fourth-order valence-electron chi connectivity index (χ4n) is 3.60. The summed E-state index contributed by atoms with van der Waals surface area (Å²) in [6, 6.07) is 13.1. The van der Waals surface area contributed by atoms with Gasteiger partial charge in [0.1, 0.15) is 5.82 Å². The maximum atomic E-state index is 5.47. The zero-order valence-corrected chi connectivity index (χ0v) is 21.3. The molecule has 6 nitrogen and oxygen atoms in total. The van der Waals surface area contributed by atoms with E-state index in [1.54, 1.807) is 0 Å². The van der Waals surface area contributed by atoms with Crippen LogP contribution in [0.1, 0.15) is 42.9 Å². The number of nitrogens with zero attached hydrogens (tertiary/aromatic N) is 3. The molecule has 2 aromatic rings. The Morgan fingerprint density at radius 3 is 2.55 bits per heavy atom. The Hall–Kier alpha value is -1.87. The number of halogens is 1. The maximum absolute atomic E-state index is 5.47. The molecule has 0 radical (unpaired) electrons. The molecule has 1 aromatic heterocycles. The molecule has 0 spiro atoms. The number of rotatable bonds is 8. The van der Waals surface area contributed by atoms with Crippen LogP contribution in [0.3, 0.4) is 0 Å². The van der Waals surface area contributed by atoms with Gasteiger partial charge in [0.05, 0.1) is 13.2 Å². The fraction of sp³-hybridized carbons (Fsp3) is 0.500. The molecule has 1 fully saturated rings. The van der Waals surface area contributed by atoms with Gasteiger partial charge in [-0.25, -0.2) is 4.98 Å². The average Bonchev–Trinajstić information content (AvgIpc) is 2.79. The third-order valence-electron chi connectivity index (χ3n) is 5.43. The number of pyridine rings is 1. The molecule has 170 valence electrons. The zero-order valence-electron chi connectivity index (χ0n) is 18.9. The van der Waals surface area contributed by atoms with Crippen molar-refractivity contribution < 1.29 is 4.74 Å². The van der Waals surface area contributed by atoms with Gasteiger partial charge in [0.25, 0.3) is 0 Å². The molecule has 1 aliphatic heterocycles. The van der Waals surface area contributed by atoms with Crippen LogP contribution in [0.5, 0.6) is 0 Å². The minimum Gasteiger partial charge on any atom is -0.378 e. The second-order valence-corrected chi connectivity index (χ2v) is 7.94. The van der Waals surface area contributed by atoms with Gasteiger partial charge in [-0.15, -0.1) is 24.0 Å². The normalized spacial score (nSPS) is 14.3. The van der Waals surface area contributed by atoms with Gasteiger partial charge < -0.3 is 20.3 Å². The van der Waals surface area contributed by atoms with E-state index in [9.17, 15) is 0 Å². The van der Waals surface area contributed by atoms with Crippen molar-refractivity contribution in [3.8, 4) is 0 Å². The third kappa shape index (κ3) is 7.96. The van der Waals surface area contributed by atoms with Gasteiger partial charge >= 0.3 is 0 Å². The van der Waals surface area contributed by atoms with Crippen LogP contribution in [-0.2, 0) is 17.7 Å². The SMILES string of the molecule is CN=C(NCCCc1ccc(C(C)C)cc1)NCc1cccnc1N1CCOCC1.I. The lowest BCUT2D eigenvalue weighted by Gasteiger charge is -2.29. The van der Waals surface area contributed by atoms with E-state index in [4.69, 9.17) is 4.74 Å². The topological polar surface area (TPSA) is 61.8 Å². The van der Waals surface area contributed by atoms with Gasteiger partial charge in [-0.1, -0.05) is 44.2 Å². The molecule has 7 heteroatoms. The van der Waals surface area contributed by atoms with Crippen LogP contribution >= 0.6 is 24.0 Å². The van der Waals surface area contributed by atoms with Gasteiger partial charge in [0.15, 0.2) is 5.96 Å². The zero-order chi connectivity index (χ0) is 21.2. The van der Waals surface area contributed by atoms with Crippen LogP contribution < -0.4 is 15.5 Å². The van der Waals surface area contributed by atoms with Crippen molar-refractivity contribution in [1.82, 2.24) is 15.6 Å². The van der Waals surface area contributed by atoms with Crippen molar-refractivity contribution in [1.29, 1.82) is 0 Å². The van der Waals surface area contributed by atoms with Crippen molar-refractivity contribution >= 4 is 35.8 Å². The summed E-state index contributed by atoms with van der Waals surface area (Å²) in [5.74, 6) is 2.44. The highest BCUT2D eigenvalue weighted by Gasteiger charge is 2.15. The summed E-state index contributed by atoms with van der Waals surface area (Å²) in [6.45, 7) is 9.32. The third-order valence-corrected chi connectivity index (χ3v) is 5.43. The molecule has 31 heavy (non-hydrogen) atoms. The molecule has 1 saturated heterocycles. The molecule has 1 aromatic carbocycles. The number of aromatic nitrogens is 1. The van der Waals surface area contributed by atoms with Gasteiger partial charge in [-0.2, -0.15) is 0 Å². The monoisotopic (exact) mass is 537 g/mol. The van der Waals surface area contributed by atoms with E-state index in [1.807, 2.05) is 19.3 Å². The lowest BCUT2D eigenvalue weighted by atomic mass is 10.0. The minimum absolute atomic E-state index is 0. The van der Waals surface area contributed by atoms with Gasteiger partial charge in [-0.05, 0) is 36.0 Å². The Kier molecular flexibility index (Phi) is 11.1. The van der Waals surface area contributed by atoms with E-state index >= 15 is 0 Å². The van der Waals surface area contributed by atoms with Gasteiger partial charge in [0, 0.05) is 45.0 Å². The summed E-state index contributed by atoms with van der Waals surface area (Å²) >= 11 is 0. The maximum Gasteiger partial charge on any atom is 0.191 e. The predicted molar refractivity (Wildman–Crippen MR) is 140 cm³/mol. The van der Waals surface area contributed by atoms with E-state index in [-0.39, 0.29) is 24.0 Å². The number of ether oxygens (including phenoxy) is 1. The number of anilines is 1. The molecule has 2 N–H and O–H groups in total. The summed E-state index contributed by atoms with van der Waals surface area (Å²) in [5.41, 5.74) is 3.95. The van der Waals surface area contributed by atoms with E-state index in [1.165, 1.54) is 16.7 Å². The van der Waals surface area contributed by atoms with Crippen LogP contribution in [0, 0.1) is 0 Å². The molecule has 0 atom stereocenters. The molecule has 0 bridgehead atoms. The number of morpholine rings is 1. The quantitative estimate of drug-likeness (QED) is 0.231. The van der Waals surface area contributed by atoms with Crippen LogP contribution in [-0.4, -0.2) is 50.8 Å². The lowest BCUT2D eigenvalue weighted by molar-refractivity contribution is 0.122. The van der Waals surface area contributed by atoms with Crippen LogP contribution in [0.15, 0.2) is 47.6 Å². The average molecular weight is 537 g/mol. The largest absolute Gasteiger partial charge is 0.378 e. The van der Waals surface area contributed by atoms with E-state index in [0.717, 1.165) is 57.5 Å². The molecular formula is C24H36IN5O. The molecule has 0 amide bonds. The highest BCUT2D eigenvalue weighted by molar-refractivity contribution is 14.0. The van der Waals surface area contributed by atoms with Crippen LogP contribution in [0.25, 0.3) is 0 Å². The van der Waals surface area contributed by atoms with Crippen molar-refractivity contribution in [2.75, 3.05) is 44.8 Å². The second-order valence-electron chi connectivity index (χ2n) is 7.94. The standard InChI is InChI=1S/C24H35N5O.HI/c1-19(2)21-10-8-20(9-11-21)6-4-13-27-24(25-3)28-18-22-7-5-12-26-23(22)29-14-16-30-17-15-29;/h5,7-12,19H,4,6,13-18H2,1-3H3,(H2,25,27,28);1H. The first-order chi connectivity index (χ1) is 14.7. The van der Waals surface area contributed by atoms with E-state index in [0.29, 0.717) is 12.5 Å². The number of guanidine groups is 1.